The van der Waals surface area contributed by atoms with Gasteiger partial charge in [0.05, 0.1) is 10.8 Å². The van der Waals surface area contributed by atoms with Gasteiger partial charge in [0, 0.05) is 41.3 Å². The van der Waals surface area contributed by atoms with Gasteiger partial charge in [-0.1, -0.05) is 32.0 Å². The Balaban J connectivity index is 1.75. The second kappa shape index (κ2) is 8.58. The van der Waals surface area contributed by atoms with Gasteiger partial charge in [0.25, 0.3) is 0 Å². The van der Waals surface area contributed by atoms with Gasteiger partial charge in [-0.15, -0.1) is 0 Å². The molecule has 122 valence electrons. The summed E-state index contributed by atoms with van der Waals surface area (Å²) in [7, 11) is -1.06. The lowest BCUT2D eigenvalue weighted by Crippen LogP contribution is -2.48. The van der Waals surface area contributed by atoms with E-state index in [9.17, 15) is 9.00 Å². The third-order valence-electron chi connectivity index (χ3n) is 3.69. The normalized spacial score (nSPS) is 20.0. The molecule has 2 rings (SSSR count). The molecule has 1 N–H and O–H groups in total. The average molecular weight is 341 g/mol. The van der Waals surface area contributed by atoms with E-state index < -0.39 is 10.8 Å². The van der Waals surface area contributed by atoms with Crippen molar-refractivity contribution in [1.29, 1.82) is 0 Å². The van der Waals surface area contributed by atoms with Crippen LogP contribution in [0, 0.1) is 5.92 Å². The zero-order valence-electron chi connectivity index (χ0n) is 13.2. The molecule has 0 unspecified atom stereocenters. The van der Waals surface area contributed by atoms with Crippen molar-refractivity contribution in [3.05, 3.63) is 30.3 Å². The number of rotatable bonds is 5. The minimum absolute atomic E-state index is 0.0315. The lowest BCUT2D eigenvalue weighted by molar-refractivity contribution is 0.198. The maximum atomic E-state index is 12.2. The van der Waals surface area contributed by atoms with Crippen molar-refractivity contribution < 1.29 is 9.00 Å². The second-order valence-corrected chi connectivity index (χ2v) is 8.61. The summed E-state index contributed by atoms with van der Waals surface area (Å²) in [5, 5.41) is 3.41. The summed E-state index contributed by atoms with van der Waals surface area (Å²) in [6.07, 6.45) is 0. The van der Waals surface area contributed by atoms with E-state index in [1.165, 1.54) is 0 Å². The van der Waals surface area contributed by atoms with E-state index in [1.807, 2.05) is 47.0 Å². The van der Waals surface area contributed by atoms with Crippen molar-refractivity contribution in [2.24, 2.45) is 5.92 Å². The van der Waals surface area contributed by atoms with Crippen LogP contribution < -0.4 is 5.32 Å². The molecule has 1 aromatic carbocycles. The Labute approximate surface area is 139 Å². The number of benzene rings is 1. The molecule has 1 aliphatic rings. The van der Waals surface area contributed by atoms with Crippen LogP contribution in [0.15, 0.2) is 35.2 Å². The first kappa shape index (κ1) is 17.3. The van der Waals surface area contributed by atoms with Crippen LogP contribution in [0.2, 0.25) is 0 Å². The standard InChI is InChI=1S/C16H24N2O2S2/c1-13(2)15-12-18(9-10-21-15)16(19)17-8-11-22(20)14-6-4-3-5-7-14/h3-7,13,15H,8-12H2,1-2H3,(H,17,19)/t15-,22-/m0/s1. The number of thioether (sulfide) groups is 1. The maximum absolute atomic E-state index is 12.2. The molecule has 1 saturated heterocycles. The van der Waals surface area contributed by atoms with Crippen LogP contribution in [0.3, 0.4) is 0 Å². The molecule has 1 aliphatic heterocycles. The summed E-state index contributed by atoms with van der Waals surface area (Å²) < 4.78 is 12.1. The molecule has 0 radical (unpaired) electrons. The Morgan fingerprint density at radius 3 is 2.82 bits per heavy atom. The number of carbonyl (C=O) groups is 1. The summed E-state index contributed by atoms with van der Waals surface area (Å²) >= 11 is 1.95. The third kappa shape index (κ3) is 5.02. The fraction of sp³-hybridized carbons (Fsp3) is 0.562. The van der Waals surface area contributed by atoms with E-state index in [4.69, 9.17) is 0 Å². The number of amides is 2. The highest BCUT2D eigenvalue weighted by atomic mass is 32.2. The number of hydrogen-bond acceptors (Lipinski definition) is 3. The lowest BCUT2D eigenvalue weighted by atomic mass is 10.1. The molecule has 0 spiro atoms. The summed E-state index contributed by atoms with van der Waals surface area (Å²) in [5.74, 6) is 2.02. The van der Waals surface area contributed by atoms with E-state index >= 15 is 0 Å². The van der Waals surface area contributed by atoms with Crippen molar-refractivity contribution in [3.63, 3.8) is 0 Å². The van der Waals surface area contributed by atoms with Crippen LogP contribution >= 0.6 is 11.8 Å². The molecule has 0 aliphatic carbocycles. The Kier molecular flexibility index (Phi) is 6.76. The van der Waals surface area contributed by atoms with Gasteiger partial charge in [-0.05, 0) is 18.1 Å². The van der Waals surface area contributed by atoms with Crippen molar-refractivity contribution in [3.8, 4) is 0 Å². The van der Waals surface area contributed by atoms with Crippen LogP contribution in [0.1, 0.15) is 13.8 Å². The fourth-order valence-corrected chi connectivity index (χ4v) is 4.60. The van der Waals surface area contributed by atoms with Gasteiger partial charge >= 0.3 is 6.03 Å². The number of nitrogens with zero attached hydrogens (tertiary/aromatic N) is 1. The monoisotopic (exact) mass is 340 g/mol. The minimum atomic E-state index is -1.06. The van der Waals surface area contributed by atoms with Crippen molar-refractivity contribution in [2.75, 3.05) is 31.1 Å². The Morgan fingerprint density at radius 1 is 1.41 bits per heavy atom. The first-order chi connectivity index (χ1) is 10.6. The first-order valence-corrected chi connectivity index (χ1v) is 10.0. The van der Waals surface area contributed by atoms with Crippen molar-refractivity contribution in [2.45, 2.75) is 24.0 Å². The van der Waals surface area contributed by atoms with Crippen LogP contribution in [-0.2, 0) is 10.8 Å². The van der Waals surface area contributed by atoms with E-state index in [0.717, 1.165) is 23.7 Å². The maximum Gasteiger partial charge on any atom is 0.317 e. The quantitative estimate of drug-likeness (QED) is 0.896. The first-order valence-electron chi connectivity index (χ1n) is 7.65. The van der Waals surface area contributed by atoms with E-state index in [-0.39, 0.29) is 6.03 Å². The van der Waals surface area contributed by atoms with Crippen LogP contribution in [-0.4, -0.2) is 51.5 Å². The molecule has 6 heteroatoms. The minimum Gasteiger partial charge on any atom is -0.337 e. The van der Waals surface area contributed by atoms with Crippen LogP contribution in [0.4, 0.5) is 4.79 Å². The Hall–Kier alpha value is -1.01. The van der Waals surface area contributed by atoms with Crippen molar-refractivity contribution in [1.82, 2.24) is 10.2 Å². The summed E-state index contributed by atoms with van der Waals surface area (Å²) in [6, 6.07) is 9.34. The lowest BCUT2D eigenvalue weighted by Gasteiger charge is -2.34. The molecule has 0 aromatic heterocycles. The summed E-state index contributed by atoms with van der Waals surface area (Å²) in [4.78, 5) is 14.9. The molecule has 2 amide bonds. The second-order valence-electron chi connectivity index (χ2n) is 5.69. The Morgan fingerprint density at radius 2 is 2.14 bits per heavy atom. The molecule has 0 bridgehead atoms. The predicted molar refractivity (Wildman–Crippen MR) is 93.8 cm³/mol. The van der Waals surface area contributed by atoms with E-state index in [1.54, 1.807) is 0 Å². The molecule has 4 nitrogen and oxygen atoms in total. The summed E-state index contributed by atoms with van der Waals surface area (Å²) in [6.45, 7) is 6.43. The van der Waals surface area contributed by atoms with Gasteiger partial charge in [-0.3, -0.25) is 4.21 Å². The van der Waals surface area contributed by atoms with Gasteiger partial charge in [0.15, 0.2) is 0 Å². The molecule has 2 atom stereocenters. The molecule has 1 heterocycles. The van der Waals surface area contributed by atoms with Crippen LogP contribution in [0.5, 0.6) is 0 Å². The zero-order valence-corrected chi connectivity index (χ0v) is 14.8. The number of carbonyl (C=O) groups excluding carboxylic acids is 1. The van der Waals surface area contributed by atoms with Gasteiger partial charge in [0.2, 0.25) is 0 Å². The van der Waals surface area contributed by atoms with Gasteiger partial charge < -0.3 is 10.2 Å². The molecular weight excluding hydrogens is 316 g/mol. The molecule has 22 heavy (non-hydrogen) atoms. The van der Waals surface area contributed by atoms with E-state index in [2.05, 4.69) is 19.2 Å². The highest BCUT2D eigenvalue weighted by molar-refractivity contribution is 8.00. The smallest absolute Gasteiger partial charge is 0.317 e. The number of nitrogens with one attached hydrogen (secondary N) is 1. The largest absolute Gasteiger partial charge is 0.337 e. The number of urea groups is 1. The van der Waals surface area contributed by atoms with Gasteiger partial charge in [0.1, 0.15) is 0 Å². The van der Waals surface area contributed by atoms with E-state index in [0.29, 0.717) is 23.5 Å². The summed E-state index contributed by atoms with van der Waals surface area (Å²) in [5.41, 5.74) is 0. The highest BCUT2D eigenvalue weighted by Crippen LogP contribution is 2.24. The fourth-order valence-electron chi connectivity index (χ4n) is 2.32. The Bertz CT molecular complexity index is 508. The molecular formula is C16H24N2O2S2. The molecule has 0 saturated carbocycles. The third-order valence-corrected chi connectivity index (χ3v) is 6.61. The topological polar surface area (TPSA) is 49.4 Å². The van der Waals surface area contributed by atoms with Crippen molar-refractivity contribution >= 4 is 28.6 Å². The zero-order chi connectivity index (χ0) is 15.9. The highest BCUT2D eigenvalue weighted by Gasteiger charge is 2.25. The average Bonchev–Trinajstić information content (AvgIpc) is 2.55. The van der Waals surface area contributed by atoms with Gasteiger partial charge in [-0.2, -0.15) is 11.8 Å². The molecule has 1 aromatic rings. The van der Waals surface area contributed by atoms with Crippen LogP contribution in [0.25, 0.3) is 0 Å². The SMILES string of the molecule is CC(C)[C@@H]1CN(C(=O)NCC[S@](=O)c2ccccc2)CCS1. The predicted octanol–water partition coefficient (Wildman–Crippen LogP) is 2.58. The number of hydrogen-bond donors (Lipinski definition) is 1. The van der Waals surface area contributed by atoms with Gasteiger partial charge in [-0.25, -0.2) is 4.79 Å². The molecule has 1 fully saturated rings.